The lowest BCUT2D eigenvalue weighted by molar-refractivity contribution is 0.393. The molecular weight excluding hydrogens is 222 g/mol. The minimum atomic E-state index is 0.383. The second-order valence-electron chi connectivity index (χ2n) is 3.99. The Morgan fingerprint density at radius 1 is 1.25 bits per heavy atom. The molecule has 88 valence electrons. The molecule has 1 aromatic rings. The number of benzene rings is 1. The van der Waals surface area contributed by atoms with Crippen molar-refractivity contribution in [3.8, 4) is 11.5 Å². The Morgan fingerprint density at radius 3 is 2.56 bits per heavy atom. The van der Waals surface area contributed by atoms with Crippen LogP contribution < -0.4 is 15.2 Å². The van der Waals surface area contributed by atoms with E-state index in [4.69, 9.17) is 15.2 Å². The van der Waals surface area contributed by atoms with Crippen LogP contribution in [0.1, 0.15) is 12.8 Å². The second kappa shape index (κ2) is 4.97. The summed E-state index contributed by atoms with van der Waals surface area (Å²) in [6.07, 6.45) is 2.18. The molecule has 2 rings (SSSR count). The molecule has 0 amide bonds. The zero-order valence-electron chi connectivity index (χ0n) is 9.60. The maximum atomic E-state index is 5.78. The highest BCUT2D eigenvalue weighted by atomic mass is 32.2. The summed E-state index contributed by atoms with van der Waals surface area (Å²) >= 11 is 1.83. The third-order valence-corrected chi connectivity index (χ3v) is 4.09. The number of ether oxygens (including phenoxy) is 2. The van der Waals surface area contributed by atoms with E-state index in [1.807, 2.05) is 30.0 Å². The van der Waals surface area contributed by atoms with Gasteiger partial charge in [0.2, 0.25) is 0 Å². The van der Waals surface area contributed by atoms with Gasteiger partial charge in [0.25, 0.3) is 0 Å². The molecule has 3 nitrogen and oxygen atoms in total. The van der Waals surface area contributed by atoms with Crippen LogP contribution in [0.25, 0.3) is 0 Å². The lowest BCUT2D eigenvalue weighted by atomic mass is 9.94. The van der Waals surface area contributed by atoms with E-state index in [9.17, 15) is 0 Å². The van der Waals surface area contributed by atoms with Crippen molar-refractivity contribution in [1.82, 2.24) is 0 Å². The Kier molecular flexibility index (Phi) is 3.61. The minimum Gasteiger partial charge on any atom is -0.497 e. The topological polar surface area (TPSA) is 44.5 Å². The summed E-state index contributed by atoms with van der Waals surface area (Å²) in [6.45, 7) is 0. The summed E-state index contributed by atoms with van der Waals surface area (Å²) in [7, 11) is 3.37. The highest BCUT2D eigenvalue weighted by Crippen LogP contribution is 2.41. The fraction of sp³-hybridized carbons (Fsp3) is 0.500. The molecular formula is C12H17NO2S. The maximum Gasteiger partial charge on any atom is 0.132 e. The number of hydrogen-bond donors (Lipinski definition) is 1. The molecule has 0 heterocycles. The van der Waals surface area contributed by atoms with Gasteiger partial charge in [-0.3, -0.25) is 0 Å². The van der Waals surface area contributed by atoms with Crippen LogP contribution in [-0.4, -0.2) is 25.5 Å². The van der Waals surface area contributed by atoms with E-state index in [2.05, 4.69) is 0 Å². The summed E-state index contributed by atoms with van der Waals surface area (Å²) in [6, 6.07) is 6.26. The monoisotopic (exact) mass is 239 g/mol. The molecule has 2 N–H and O–H groups in total. The van der Waals surface area contributed by atoms with Crippen LogP contribution in [0.3, 0.4) is 0 Å². The van der Waals surface area contributed by atoms with Gasteiger partial charge in [0.1, 0.15) is 11.5 Å². The van der Waals surface area contributed by atoms with Crippen molar-refractivity contribution in [1.29, 1.82) is 0 Å². The summed E-state index contributed by atoms with van der Waals surface area (Å²) in [5, 5.41) is 0.621. The summed E-state index contributed by atoms with van der Waals surface area (Å²) < 4.78 is 10.5. The Labute approximate surface area is 100 Å². The van der Waals surface area contributed by atoms with Gasteiger partial charge in [0.05, 0.1) is 19.1 Å². The molecule has 1 saturated carbocycles. The fourth-order valence-corrected chi connectivity index (χ4v) is 3.26. The maximum absolute atomic E-state index is 5.78. The van der Waals surface area contributed by atoms with Crippen LogP contribution in [0.4, 0.5) is 0 Å². The molecule has 0 spiro atoms. The predicted octanol–water partition coefficient (Wildman–Crippen LogP) is 2.29. The molecule has 1 fully saturated rings. The van der Waals surface area contributed by atoms with Gasteiger partial charge in [0.15, 0.2) is 0 Å². The van der Waals surface area contributed by atoms with E-state index < -0.39 is 0 Å². The molecule has 1 aromatic carbocycles. The van der Waals surface area contributed by atoms with Gasteiger partial charge in [-0.25, -0.2) is 0 Å². The van der Waals surface area contributed by atoms with Crippen molar-refractivity contribution in [3.63, 3.8) is 0 Å². The molecule has 16 heavy (non-hydrogen) atoms. The first-order valence-corrected chi connectivity index (χ1v) is 6.25. The molecule has 1 aliphatic rings. The summed E-state index contributed by atoms with van der Waals surface area (Å²) in [4.78, 5) is 1.14. The van der Waals surface area contributed by atoms with Gasteiger partial charge in [0, 0.05) is 11.3 Å². The molecule has 0 radical (unpaired) electrons. The van der Waals surface area contributed by atoms with E-state index in [0.717, 1.165) is 29.2 Å². The highest BCUT2D eigenvalue weighted by molar-refractivity contribution is 8.00. The molecule has 0 unspecified atom stereocenters. The zero-order valence-corrected chi connectivity index (χ0v) is 10.4. The fourth-order valence-electron chi connectivity index (χ4n) is 1.76. The van der Waals surface area contributed by atoms with Crippen LogP contribution in [0, 0.1) is 0 Å². The Hall–Kier alpha value is -0.870. The number of rotatable bonds is 4. The van der Waals surface area contributed by atoms with Crippen LogP contribution >= 0.6 is 11.8 Å². The average molecular weight is 239 g/mol. The van der Waals surface area contributed by atoms with Crippen LogP contribution in [0.5, 0.6) is 11.5 Å². The Balaban J connectivity index is 2.10. The molecule has 0 aliphatic heterocycles. The van der Waals surface area contributed by atoms with Crippen LogP contribution in [0.2, 0.25) is 0 Å². The number of thioether (sulfide) groups is 1. The third-order valence-electron chi connectivity index (χ3n) is 2.80. The number of hydrogen-bond acceptors (Lipinski definition) is 4. The zero-order chi connectivity index (χ0) is 11.5. The highest BCUT2D eigenvalue weighted by Gasteiger charge is 2.27. The normalized spacial score (nSPS) is 23.7. The molecule has 0 aromatic heterocycles. The van der Waals surface area contributed by atoms with Gasteiger partial charge < -0.3 is 15.2 Å². The van der Waals surface area contributed by atoms with Gasteiger partial charge >= 0.3 is 0 Å². The van der Waals surface area contributed by atoms with Crippen molar-refractivity contribution in [3.05, 3.63) is 18.2 Å². The predicted molar refractivity (Wildman–Crippen MR) is 66.4 cm³/mol. The smallest absolute Gasteiger partial charge is 0.132 e. The lowest BCUT2D eigenvalue weighted by Gasteiger charge is -2.32. The quantitative estimate of drug-likeness (QED) is 0.875. The van der Waals surface area contributed by atoms with Crippen molar-refractivity contribution in [2.45, 2.75) is 29.0 Å². The Bertz CT molecular complexity index is 364. The Morgan fingerprint density at radius 2 is 2.00 bits per heavy atom. The van der Waals surface area contributed by atoms with E-state index in [1.165, 1.54) is 0 Å². The van der Waals surface area contributed by atoms with Crippen LogP contribution in [-0.2, 0) is 0 Å². The van der Waals surface area contributed by atoms with Crippen molar-refractivity contribution in [2.75, 3.05) is 14.2 Å². The van der Waals surface area contributed by atoms with Gasteiger partial charge in [-0.1, -0.05) is 0 Å². The molecule has 4 heteroatoms. The average Bonchev–Trinajstić information content (AvgIpc) is 2.27. The summed E-state index contributed by atoms with van der Waals surface area (Å²) in [5.41, 5.74) is 5.78. The SMILES string of the molecule is COc1ccc(OC)c(SC2CC(N)C2)c1. The van der Waals surface area contributed by atoms with Crippen molar-refractivity contribution < 1.29 is 9.47 Å². The van der Waals surface area contributed by atoms with E-state index in [0.29, 0.717) is 11.3 Å². The first-order chi connectivity index (χ1) is 7.72. The van der Waals surface area contributed by atoms with E-state index >= 15 is 0 Å². The van der Waals surface area contributed by atoms with Crippen molar-refractivity contribution >= 4 is 11.8 Å². The van der Waals surface area contributed by atoms with Gasteiger partial charge in [-0.05, 0) is 31.0 Å². The number of methoxy groups -OCH3 is 2. The molecule has 0 atom stereocenters. The minimum absolute atomic E-state index is 0.383. The first kappa shape index (κ1) is 11.6. The number of nitrogens with two attached hydrogens (primary N) is 1. The second-order valence-corrected chi connectivity index (χ2v) is 5.33. The van der Waals surface area contributed by atoms with E-state index in [1.54, 1.807) is 14.2 Å². The van der Waals surface area contributed by atoms with Gasteiger partial charge in [-0.15, -0.1) is 11.8 Å². The standard InChI is InChI=1S/C12H17NO2S/c1-14-9-3-4-11(15-2)12(7-9)16-10-5-8(13)6-10/h3-4,7-8,10H,5-6,13H2,1-2H3. The molecule has 1 aliphatic carbocycles. The molecule has 0 bridgehead atoms. The largest absolute Gasteiger partial charge is 0.497 e. The lowest BCUT2D eigenvalue weighted by Crippen LogP contribution is -2.38. The first-order valence-electron chi connectivity index (χ1n) is 5.37. The molecule has 0 saturated heterocycles. The van der Waals surface area contributed by atoms with E-state index in [-0.39, 0.29) is 0 Å². The summed E-state index contributed by atoms with van der Waals surface area (Å²) in [5.74, 6) is 1.78. The third kappa shape index (κ3) is 2.44. The van der Waals surface area contributed by atoms with Crippen LogP contribution in [0.15, 0.2) is 23.1 Å². The van der Waals surface area contributed by atoms with Gasteiger partial charge in [-0.2, -0.15) is 0 Å². The van der Waals surface area contributed by atoms with Crippen molar-refractivity contribution in [2.24, 2.45) is 5.73 Å².